The molecule has 20 heavy (non-hydrogen) atoms. The fourth-order valence-electron chi connectivity index (χ4n) is 2.47. The standard InChI is InChI=1S/C16H23N3O/c1-12(7-8-17)13-5-3-6-14(11-13)15-16(20)19(2)10-4-9-18-15/h3,5-6,11-12H,4,7-10,17H2,1-2H3. The molecule has 1 heterocycles. The Morgan fingerprint density at radius 3 is 3.00 bits per heavy atom. The van der Waals surface area contributed by atoms with Crippen molar-refractivity contribution in [1.29, 1.82) is 0 Å². The van der Waals surface area contributed by atoms with Crippen LogP contribution in [0.2, 0.25) is 0 Å². The van der Waals surface area contributed by atoms with Gasteiger partial charge in [-0.3, -0.25) is 9.79 Å². The summed E-state index contributed by atoms with van der Waals surface area (Å²) in [7, 11) is 1.84. The molecule has 0 aromatic heterocycles. The minimum atomic E-state index is 0.0196. The van der Waals surface area contributed by atoms with Gasteiger partial charge in [0.25, 0.3) is 5.91 Å². The maximum atomic E-state index is 12.3. The van der Waals surface area contributed by atoms with Crippen LogP contribution in [0.4, 0.5) is 0 Å². The molecule has 0 bridgehead atoms. The number of rotatable bonds is 4. The minimum absolute atomic E-state index is 0.0196. The van der Waals surface area contributed by atoms with Gasteiger partial charge in [-0.05, 0) is 36.9 Å². The lowest BCUT2D eigenvalue weighted by atomic mass is 9.95. The summed E-state index contributed by atoms with van der Waals surface area (Å²) in [5.41, 5.74) is 8.35. The van der Waals surface area contributed by atoms with E-state index in [4.69, 9.17) is 5.73 Å². The molecule has 0 spiro atoms. The van der Waals surface area contributed by atoms with E-state index in [0.29, 0.717) is 24.7 Å². The van der Waals surface area contributed by atoms with Crippen LogP contribution >= 0.6 is 0 Å². The molecule has 0 radical (unpaired) electrons. The number of hydrogen-bond donors (Lipinski definition) is 1. The van der Waals surface area contributed by atoms with Gasteiger partial charge in [-0.2, -0.15) is 0 Å². The maximum Gasteiger partial charge on any atom is 0.272 e. The molecule has 0 fully saturated rings. The van der Waals surface area contributed by atoms with Gasteiger partial charge < -0.3 is 10.6 Å². The largest absolute Gasteiger partial charge is 0.340 e. The van der Waals surface area contributed by atoms with Crippen molar-refractivity contribution in [2.24, 2.45) is 10.7 Å². The first-order valence-electron chi connectivity index (χ1n) is 7.23. The van der Waals surface area contributed by atoms with Gasteiger partial charge >= 0.3 is 0 Å². The first-order chi connectivity index (χ1) is 9.63. The molecule has 108 valence electrons. The zero-order valence-electron chi connectivity index (χ0n) is 12.3. The average molecular weight is 273 g/mol. The van der Waals surface area contributed by atoms with Gasteiger partial charge in [0.15, 0.2) is 0 Å². The Balaban J connectivity index is 2.30. The highest BCUT2D eigenvalue weighted by molar-refractivity contribution is 6.45. The molecule has 1 aromatic rings. The Labute approximate surface area is 120 Å². The predicted octanol–water partition coefficient (Wildman–Crippen LogP) is 1.79. The first-order valence-corrected chi connectivity index (χ1v) is 7.23. The van der Waals surface area contributed by atoms with Crippen molar-refractivity contribution < 1.29 is 4.79 Å². The quantitative estimate of drug-likeness (QED) is 0.909. The number of amides is 1. The van der Waals surface area contributed by atoms with Crippen molar-refractivity contribution in [3.05, 3.63) is 35.4 Å². The van der Waals surface area contributed by atoms with Crippen LogP contribution in [0.25, 0.3) is 0 Å². The Morgan fingerprint density at radius 2 is 2.25 bits per heavy atom. The molecule has 0 saturated carbocycles. The van der Waals surface area contributed by atoms with Crippen molar-refractivity contribution in [3.8, 4) is 0 Å². The topological polar surface area (TPSA) is 58.7 Å². The van der Waals surface area contributed by atoms with Crippen LogP contribution in [-0.4, -0.2) is 43.2 Å². The number of nitrogens with two attached hydrogens (primary N) is 1. The molecule has 1 amide bonds. The van der Waals surface area contributed by atoms with E-state index in [2.05, 4.69) is 24.0 Å². The third kappa shape index (κ3) is 3.25. The second-order valence-corrected chi connectivity index (χ2v) is 5.41. The smallest absolute Gasteiger partial charge is 0.272 e. The highest BCUT2D eigenvalue weighted by Crippen LogP contribution is 2.20. The lowest BCUT2D eigenvalue weighted by Gasteiger charge is -2.16. The second-order valence-electron chi connectivity index (χ2n) is 5.41. The van der Waals surface area contributed by atoms with Crippen LogP contribution < -0.4 is 5.73 Å². The molecule has 0 aliphatic carbocycles. The summed E-state index contributed by atoms with van der Waals surface area (Å²) < 4.78 is 0. The van der Waals surface area contributed by atoms with E-state index in [-0.39, 0.29) is 5.91 Å². The number of carbonyl (C=O) groups excluding carboxylic acids is 1. The van der Waals surface area contributed by atoms with E-state index in [1.165, 1.54) is 5.56 Å². The molecule has 0 saturated heterocycles. The Bertz CT molecular complexity index is 510. The summed E-state index contributed by atoms with van der Waals surface area (Å²) in [5.74, 6) is 0.422. The zero-order chi connectivity index (χ0) is 14.5. The van der Waals surface area contributed by atoms with Crippen LogP contribution in [0.15, 0.2) is 29.3 Å². The maximum absolute atomic E-state index is 12.3. The van der Waals surface area contributed by atoms with Crippen molar-refractivity contribution >= 4 is 11.6 Å². The third-order valence-electron chi connectivity index (χ3n) is 3.80. The Hall–Kier alpha value is -1.68. The second kappa shape index (κ2) is 6.66. The van der Waals surface area contributed by atoms with Gasteiger partial charge in [0, 0.05) is 25.7 Å². The molecule has 1 aromatic carbocycles. The van der Waals surface area contributed by atoms with Gasteiger partial charge in [-0.15, -0.1) is 0 Å². The molecule has 1 atom stereocenters. The molecule has 4 nitrogen and oxygen atoms in total. The van der Waals surface area contributed by atoms with E-state index >= 15 is 0 Å². The van der Waals surface area contributed by atoms with Crippen LogP contribution in [-0.2, 0) is 4.79 Å². The molecular formula is C16H23N3O. The highest BCUT2D eigenvalue weighted by atomic mass is 16.2. The number of nitrogens with zero attached hydrogens (tertiary/aromatic N) is 2. The number of hydrogen-bond acceptors (Lipinski definition) is 3. The highest BCUT2D eigenvalue weighted by Gasteiger charge is 2.21. The summed E-state index contributed by atoms with van der Waals surface area (Å²) in [4.78, 5) is 18.6. The molecule has 2 N–H and O–H groups in total. The molecular weight excluding hydrogens is 250 g/mol. The summed E-state index contributed by atoms with van der Waals surface area (Å²) in [6, 6.07) is 8.14. The monoisotopic (exact) mass is 273 g/mol. The first kappa shape index (κ1) is 14.7. The summed E-state index contributed by atoms with van der Waals surface area (Å²) in [6.07, 6.45) is 1.87. The predicted molar refractivity (Wildman–Crippen MR) is 82.2 cm³/mol. The SMILES string of the molecule is CC(CCN)c1cccc(C2=NCCCN(C)C2=O)c1. The van der Waals surface area contributed by atoms with E-state index in [9.17, 15) is 4.79 Å². The normalized spacial score (nSPS) is 17.6. The van der Waals surface area contributed by atoms with E-state index in [1.807, 2.05) is 19.2 Å². The van der Waals surface area contributed by atoms with Crippen LogP contribution in [0.3, 0.4) is 0 Å². The van der Waals surface area contributed by atoms with Crippen molar-refractivity contribution in [2.45, 2.75) is 25.7 Å². The third-order valence-corrected chi connectivity index (χ3v) is 3.80. The van der Waals surface area contributed by atoms with E-state index in [0.717, 1.165) is 24.9 Å². The lowest BCUT2D eigenvalue weighted by Crippen LogP contribution is -2.33. The van der Waals surface area contributed by atoms with Crippen LogP contribution in [0.5, 0.6) is 0 Å². The summed E-state index contributed by atoms with van der Waals surface area (Å²) >= 11 is 0. The molecule has 1 aliphatic heterocycles. The fourth-order valence-corrected chi connectivity index (χ4v) is 2.47. The number of likely N-dealkylation sites (N-methyl/N-ethyl adjacent to an activating group) is 1. The van der Waals surface area contributed by atoms with Gasteiger partial charge in [-0.1, -0.05) is 25.1 Å². The zero-order valence-corrected chi connectivity index (χ0v) is 12.3. The molecule has 4 heteroatoms. The number of aliphatic imine (C=N–C) groups is 1. The summed E-state index contributed by atoms with van der Waals surface area (Å²) in [6.45, 7) is 4.33. The number of benzene rings is 1. The summed E-state index contributed by atoms with van der Waals surface area (Å²) in [5, 5.41) is 0. The molecule has 2 rings (SSSR count). The number of carbonyl (C=O) groups is 1. The van der Waals surface area contributed by atoms with E-state index in [1.54, 1.807) is 4.90 Å². The van der Waals surface area contributed by atoms with Crippen molar-refractivity contribution in [1.82, 2.24) is 4.90 Å². The minimum Gasteiger partial charge on any atom is -0.340 e. The Kier molecular flexibility index (Phi) is 4.90. The Morgan fingerprint density at radius 1 is 1.45 bits per heavy atom. The fraction of sp³-hybridized carbons (Fsp3) is 0.500. The lowest BCUT2D eigenvalue weighted by molar-refractivity contribution is -0.122. The van der Waals surface area contributed by atoms with Gasteiger partial charge in [0.2, 0.25) is 0 Å². The van der Waals surface area contributed by atoms with Crippen molar-refractivity contribution in [2.75, 3.05) is 26.7 Å². The molecule has 1 unspecified atom stereocenters. The van der Waals surface area contributed by atoms with Gasteiger partial charge in [0.1, 0.15) is 5.71 Å². The average Bonchev–Trinajstić information content (AvgIpc) is 2.62. The van der Waals surface area contributed by atoms with Gasteiger partial charge in [0.05, 0.1) is 0 Å². The van der Waals surface area contributed by atoms with Crippen molar-refractivity contribution in [3.63, 3.8) is 0 Å². The van der Waals surface area contributed by atoms with Crippen LogP contribution in [0, 0.1) is 0 Å². The van der Waals surface area contributed by atoms with Crippen LogP contribution in [0.1, 0.15) is 36.8 Å². The van der Waals surface area contributed by atoms with E-state index < -0.39 is 0 Å². The molecule has 1 aliphatic rings. The van der Waals surface area contributed by atoms with Gasteiger partial charge in [-0.25, -0.2) is 0 Å².